The molecule has 0 bridgehead atoms. The van der Waals surface area contributed by atoms with Crippen molar-refractivity contribution in [3.05, 3.63) is 34.3 Å². The third-order valence-electron chi connectivity index (χ3n) is 3.51. The molecular formula is C14H19BrN2O2. The predicted octanol–water partition coefficient (Wildman–Crippen LogP) is 2.64. The van der Waals surface area contributed by atoms with Gasteiger partial charge in [-0.25, -0.2) is 5.48 Å². The number of carbonyl (C=O) groups excluding carboxylic acids is 1. The van der Waals surface area contributed by atoms with Crippen LogP contribution in [0, 0.1) is 0 Å². The molecule has 104 valence electrons. The van der Waals surface area contributed by atoms with Crippen molar-refractivity contribution in [3.63, 3.8) is 0 Å². The summed E-state index contributed by atoms with van der Waals surface area (Å²) >= 11 is 3.34. The molecule has 0 aromatic heterocycles. The highest BCUT2D eigenvalue weighted by molar-refractivity contribution is 9.10. The average Bonchev–Trinajstić information content (AvgIpc) is 2.46. The largest absolute Gasteiger partial charge is 0.317 e. The minimum absolute atomic E-state index is 0.129. The van der Waals surface area contributed by atoms with Crippen LogP contribution in [-0.4, -0.2) is 25.1 Å². The zero-order chi connectivity index (χ0) is 13.7. The van der Waals surface area contributed by atoms with Crippen LogP contribution in [0.2, 0.25) is 0 Å². The van der Waals surface area contributed by atoms with Crippen molar-refractivity contribution < 1.29 is 9.63 Å². The number of nitrogens with one attached hydrogen (secondary N) is 2. The summed E-state index contributed by atoms with van der Waals surface area (Å²) in [4.78, 5) is 17.3. The summed E-state index contributed by atoms with van der Waals surface area (Å²) in [6, 6.07) is 7.79. The lowest BCUT2D eigenvalue weighted by Crippen LogP contribution is -2.36. The smallest absolute Gasteiger partial charge is 0.274 e. The van der Waals surface area contributed by atoms with Crippen molar-refractivity contribution in [1.29, 1.82) is 0 Å². The van der Waals surface area contributed by atoms with E-state index >= 15 is 0 Å². The van der Waals surface area contributed by atoms with Crippen LogP contribution in [0.1, 0.15) is 36.0 Å². The van der Waals surface area contributed by atoms with Gasteiger partial charge in [-0.1, -0.05) is 15.9 Å². The molecule has 4 nitrogen and oxygen atoms in total. The Morgan fingerprint density at radius 3 is 2.42 bits per heavy atom. The monoisotopic (exact) mass is 326 g/mol. The summed E-state index contributed by atoms with van der Waals surface area (Å²) in [5.41, 5.74) is 3.15. The average molecular weight is 327 g/mol. The maximum atomic E-state index is 11.9. The molecule has 1 aromatic rings. The molecule has 5 heteroatoms. The van der Waals surface area contributed by atoms with Gasteiger partial charge in [0, 0.05) is 16.1 Å². The molecule has 0 heterocycles. The van der Waals surface area contributed by atoms with Gasteiger partial charge >= 0.3 is 0 Å². The molecule has 0 atom stereocenters. The zero-order valence-corrected chi connectivity index (χ0v) is 12.6. The highest BCUT2D eigenvalue weighted by atomic mass is 79.9. The zero-order valence-electron chi connectivity index (χ0n) is 11.0. The molecule has 0 aliphatic heterocycles. The number of halogens is 1. The van der Waals surface area contributed by atoms with E-state index in [9.17, 15) is 4.79 Å². The van der Waals surface area contributed by atoms with Gasteiger partial charge in [-0.15, -0.1) is 0 Å². The van der Waals surface area contributed by atoms with E-state index in [4.69, 9.17) is 4.84 Å². The molecule has 0 saturated heterocycles. The van der Waals surface area contributed by atoms with Crippen LogP contribution in [0.15, 0.2) is 28.7 Å². The van der Waals surface area contributed by atoms with Crippen LogP contribution in [-0.2, 0) is 4.84 Å². The first-order chi connectivity index (χ1) is 9.19. The molecule has 1 fully saturated rings. The van der Waals surface area contributed by atoms with Gasteiger partial charge in [0.1, 0.15) is 0 Å². The Hall–Kier alpha value is -0.910. The Bertz CT molecular complexity index is 414. The summed E-state index contributed by atoms with van der Waals surface area (Å²) in [6.45, 7) is 0. The van der Waals surface area contributed by atoms with Crippen LogP contribution < -0.4 is 10.8 Å². The van der Waals surface area contributed by atoms with E-state index in [0.29, 0.717) is 11.6 Å². The van der Waals surface area contributed by atoms with Gasteiger partial charge < -0.3 is 5.32 Å². The second-order valence-electron chi connectivity index (χ2n) is 4.82. The first kappa shape index (κ1) is 14.5. The summed E-state index contributed by atoms with van der Waals surface area (Å²) in [5.74, 6) is -0.191. The van der Waals surface area contributed by atoms with Crippen molar-refractivity contribution in [2.45, 2.75) is 37.8 Å². The van der Waals surface area contributed by atoms with Gasteiger partial charge in [0.25, 0.3) is 5.91 Å². The highest BCUT2D eigenvalue weighted by Crippen LogP contribution is 2.20. The predicted molar refractivity (Wildman–Crippen MR) is 77.8 cm³/mol. The standard InChI is InChI=1S/C14H19BrN2O2/c1-16-12-6-8-13(9-7-12)19-17-14(18)10-2-4-11(15)5-3-10/h2-5,12-13,16H,6-9H2,1H3,(H,17,18). The van der Waals surface area contributed by atoms with Gasteiger partial charge in [0.05, 0.1) is 6.10 Å². The quantitative estimate of drug-likeness (QED) is 0.836. The lowest BCUT2D eigenvalue weighted by Gasteiger charge is -2.27. The number of benzene rings is 1. The third kappa shape index (κ3) is 4.30. The third-order valence-corrected chi connectivity index (χ3v) is 4.04. The van der Waals surface area contributed by atoms with E-state index in [2.05, 4.69) is 26.7 Å². The summed E-state index contributed by atoms with van der Waals surface area (Å²) < 4.78 is 0.954. The molecule has 0 unspecified atom stereocenters. The Kier molecular flexibility index (Phi) is 5.36. The fraction of sp³-hybridized carbons (Fsp3) is 0.500. The van der Waals surface area contributed by atoms with Crippen LogP contribution in [0.5, 0.6) is 0 Å². The van der Waals surface area contributed by atoms with Crippen LogP contribution in [0.25, 0.3) is 0 Å². The summed E-state index contributed by atoms with van der Waals surface area (Å²) in [7, 11) is 1.99. The van der Waals surface area contributed by atoms with E-state index in [1.807, 2.05) is 19.2 Å². The molecule has 1 amide bonds. The Morgan fingerprint density at radius 1 is 1.21 bits per heavy atom. The first-order valence-electron chi connectivity index (χ1n) is 6.58. The minimum atomic E-state index is -0.191. The van der Waals surface area contributed by atoms with Gasteiger partial charge in [0.15, 0.2) is 0 Å². The Balaban J connectivity index is 1.76. The van der Waals surface area contributed by atoms with E-state index in [0.717, 1.165) is 30.2 Å². The molecule has 0 spiro atoms. The number of hydrogen-bond donors (Lipinski definition) is 2. The fourth-order valence-corrected chi connectivity index (χ4v) is 2.53. The number of rotatable bonds is 4. The van der Waals surface area contributed by atoms with Crippen molar-refractivity contribution in [3.8, 4) is 0 Å². The van der Waals surface area contributed by atoms with Crippen LogP contribution in [0.4, 0.5) is 0 Å². The molecule has 19 heavy (non-hydrogen) atoms. The van der Waals surface area contributed by atoms with Crippen molar-refractivity contribution >= 4 is 21.8 Å². The van der Waals surface area contributed by atoms with E-state index in [-0.39, 0.29) is 12.0 Å². The van der Waals surface area contributed by atoms with Crippen LogP contribution >= 0.6 is 15.9 Å². The van der Waals surface area contributed by atoms with E-state index in [1.165, 1.54) is 0 Å². The summed E-state index contributed by atoms with van der Waals surface area (Å²) in [6.07, 6.45) is 4.27. The maximum Gasteiger partial charge on any atom is 0.274 e. The summed E-state index contributed by atoms with van der Waals surface area (Å²) in [5, 5.41) is 3.27. The Labute approximate surface area is 122 Å². The van der Waals surface area contributed by atoms with Gasteiger partial charge in [0.2, 0.25) is 0 Å². The molecule has 1 aliphatic rings. The second kappa shape index (κ2) is 7.03. The van der Waals surface area contributed by atoms with Crippen LogP contribution in [0.3, 0.4) is 0 Å². The number of hydrogen-bond acceptors (Lipinski definition) is 3. The Morgan fingerprint density at radius 2 is 1.84 bits per heavy atom. The van der Waals surface area contributed by atoms with Gasteiger partial charge in [-0.05, 0) is 57.0 Å². The van der Waals surface area contributed by atoms with Crippen molar-refractivity contribution in [2.75, 3.05) is 7.05 Å². The lowest BCUT2D eigenvalue weighted by molar-refractivity contribution is -0.0342. The van der Waals surface area contributed by atoms with E-state index in [1.54, 1.807) is 12.1 Å². The second-order valence-corrected chi connectivity index (χ2v) is 5.73. The first-order valence-corrected chi connectivity index (χ1v) is 7.37. The fourth-order valence-electron chi connectivity index (χ4n) is 2.27. The molecule has 0 radical (unpaired) electrons. The van der Waals surface area contributed by atoms with Crippen molar-refractivity contribution in [2.24, 2.45) is 0 Å². The molecule has 2 N–H and O–H groups in total. The highest BCUT2D eigenvalue weighted by Gasteiger charge is 2.21. The molecule has 1 aliphatic carbocycles. The SMILES string of the molecule is CNC1CCC(ONC(=O)c2ccc(Br)cc2)CC1. The molecule has 1 aromatic carbocycles. The number of amides is 1. The van der Waals surface area contributed by atoms with Gasteiger partial charge in [-0.3, -0.25) is 9.63 Å². The maximum absolute atomic E-state index is 11.9. The van der Waals surface area contributed by atoms with Gasteiger partial charge in [-0.2, -0.15) is 0 Å². The topological polar surface area (TPSA) is 50.4 Å². The lowest BCUT2D eigenvalue weighted by atomic mass is 9.93. The van der Waals surface area contributed by atoms with E-state index < -0.39 is 0 Å². The normalized spacial score (nSPS) is 23.1. The minimum Gasteiger partial charge on any atom is -0.317 e. The molecule has 2 rings (SSSR count). The molecule has 1 saturated carbocycles. The molecular weight excluding hydrogens is 308 g/mol. The van der Waals surface area contributed by atoms with Crippen molar-refractivity contribution in [1.82, 2.24) is 10.8 Å². The number of carbonyl (C=O) groups is 1. The number of hydroxylamine groups is 1.